The second kappa shape index (κ2) is 34.3. The van der Waals surface area contributed by atoms with Gasteiger partial charge in [0, 0.05) is 19.0 Å². The number of ether oxygens (including phenoxy) is 4. The van der Waals surface area contributed by atoms with Crippen molar-refractivity contribution in [1.82, 2.24) is 9.55 Å². The Kier molecular flexibility index (Phi) is 30.0. The van der Waals surface area contributed by atoms with E-state index in [1.807, 2.05) is 0 Å². The summed E-state index contributed by atoms with van der Waals surface area (Å²) in [5.41, 5.74) is 4.58. The molecule has 0 aromatic carbocycles. The molecule has 2 aliphatic heterocycles. The number of carbonyl (C=O) groups is 2. The number of hydrogen-bond donors (Lipinski definition) is 5. The van der Waals surface area contributed by atoms with E-state index in [9.17, 15) is 43.5 Å². The number of unbranched alkanes of at least 4 members (excludes halogenated alkanes) is 16. The average Bonchev–Trinajstić information content (AvgIpc) is 3.99. The highest BCUT2D eigenvalue weighted by Gasteiger charge is 2.46. The van der Waals surface area contributed by atoms with Gasteiger partial charge in [0.2, 0.25) is 0 Å². The maximum absolute atomic E-state index is 12.9. The molecule has 0 bridgehead atoms. The summed E-state index contributed by atoms with van der Waals surface area (Å²) in [5, 5.41) is 20.9. The van der Waals surface area contributed by atoms with Crippen LogP contribution in [0.1, 0.15) is 174 Å². The summed E-state index contributed by atoms with van der Waals surface area (Å²) in [6, 6.07) is 1.25. The van der Waals surface area contributed by atoms with Crippen LogP contribution in [0.4, 0.5) is 5.82 Å². The van der Waals surface area contributed by atoms with Crippen molar-refractivity contribution in [3.8, 4) is 0 Å². The lowest BCUT2D eigenvalue weighted by atomic mass is 10.1. The number of nitrogen functional groups attached to an aromatic ring is 1. The Labute approximate surface area is 408 Å². The zero-order chi connectivity index (χ0) is 50.3. The molecule has 3 rings (SSSR count). The first-order chi connectivity index (χ1) is 33.1. The van der Waals surface area contributed by atoms with E-state index in [0.717, 1.165) is 94.2 Å². The van der Waals surface area contributed by atoms with E-state index in [1.165, 1.54) is 51.0 Å². The molecule has 3 heterocycles. The van der Waals surface area contributed by atoms with Crippen molar-refractivity contribution < 1.29 is 71.0 Å². The van der Waals surface area contributed by atoms with Gasteiger partial charge in [-0.3, -0.25) is 23.2 Å². The lowest BCUT2D eigenvalue weighted by Gasteiger charge is -2.21. The third kappa shape index (κ3) is 26.8. The molecule has 19 nitrogen and oxygen atoms in total. The van der Waals surface area contributed by atoms with Crippen LogP contribution in [0.5, 0.6) is 0 Å². The van der Waals surface area contributed by atoms with Gasteiger partial charge in [-0.2, -0.15) is 9.29 Å². The van der Waals surface area contributed by atoms with Gasteiger partial charge < -0.3 is 44.7 Å². The molecule has 394 valence electrons. The zero-order valence-corrected chi connectivity index (χ0v) is 42.6. The van der Waals surface area contributed by atoms with Crippen molar-refractivity contribution in [3.63, 3.8) is 0 Å². The van der Waals surface area contributed by atoms with Crippen molar-refractivity contribution in [3.05, 3.63) is 59.2 Å². The number of rotatable bonds is 40. The average molecular weight is 1020 g/mol. The van der Waals surface area contributed by atoms with E-state index in [0.29, 0.717) is 25.0 Å². The van der Waals surface area contributed by atoms with Crippen LogP contribution in [-0.4, -0.2) is 97.9 Å². The van der Waals surface area contributed by atoms with Crippen LogP contribution in [0.2, 0.25) is 0 Å². The van der Waals surface area contributed by atoms with Crippen LogP contribution in [0.25, 0.3) is 0 Å². The maximum atomic E-state index is 12.9. The lowest BCUT2D eigenvalue weighted by molar-refractivity contribution is -0.161. The number of esters is 2. The topological polar surface area (TPSA) is 278 Å². The largest absolute Gasteiger partial charge is 0.481 e. The van der Waals surface area contributed by atoms with Gasteiger partial charge in [-0.15, -0.1) is 0 Å². The Balaban J connectivity index is 1.41. The number of aromatic nitrogens is 2. The number of aliphatic hydroxyl groups is 2. The van der Waals surface area contributed by atoms with Crippen LogP contribution in [0, 0.1) is 0 Å². The molecule has 4 unspecified atom stereocenters. The smallest absolute Gasteiger partial charge is 0.462 e. The Hall–Kier alpha value is -3.06. The number of carbonyl (C=O) groups excluding carboxylic acids is 2. The maximum Gasteiger partial charge on any atom is 0.481 e. The fourth-order valence-corrected chi connectivity index (χ4v) is 9.71. The number of aliphatic hydroxyl groups excluding tert-OH is 2. The molecule has 0 amide bonds. The van der Waals surface area contributed by atoms with Gasteiger partial charge in [-0.1, -0.05) is 127 Å². The summed E-state index contributed by atoms with van der Waals surface area (Å²) in [6.07, 6.45) is 29.6. The summed E-state index contributed by atoms with van der Waals surface area (Å²) in [6.45, 7) is 2.07. The van der Waals surface area contributed by atoms with Gasteiger partial charge in [0.15, 0.2) is 12.3 Å². The zero-order valence-electron chi connectivity index (χ0n) is 40.8. The number of nitrogens with two attached hydrogens (primary N) is 1. The van der Waals surface area contributed by atoms with Crippen LogP contribution in [0.15, 0.2) is 53.5 Å². The van der Waals surface area contributed by atoms with E-state index < -0.39 is 83.7 Å². The summed E-state index contributed by atoms with van der Waals surface area (Å²) in [5.74, 6) is -1.34. The number of allylic oxidation sites excluding steroid dienone is 5. The van der Waals surface area contributed by atoms with Crippen LogP contribution >= 0.6 is 15.6 Å². The van der Waals surface area contributed by atoms with Gasteiger partial charge in [-0.05, 0) is 70.3 Å². The molecule has 69 heavy (non-hydrogen) atoms. The summed E-state index contributed by atoms with van der Waals surface area (Å²) < 4.78 is 62.5. The van der Waals surface area contributed by atoms with E-state index in [1.54, 1.807) is 0 Å². The molecule has 2 aliphatic rings. The minimum atomic E-state index is -5.43. The van der Waals surface area contributed by atoms with Crippen molar-refractivity contribution in [2.75, 3.05) is 25.6 Å². The lowest BCUT2D eigenvalue weighted by Crippen LogP contribution is -2.36. The third-order valence-electron chi connectivity index (χ3n) is 11.6. The molecular weight excluding hydrogens is 936 g/mol. The highest BCUT2D eigenvalue weighted by atomic mass is 31.3. The molecule has 9 atom stereocenters. The third-order valence-corrected chi connectivity index (χ3v) is 14.3. The van der Waals surface area contributed by atoms with Crippen molar-refractivity contribution >= 4 is 33.4 Å². The molecule has 0 radical (unpaired) electrons. The van der Waals surface area contributed by atoms with Crippen LogP contribution < -0.4 is 11.4 Å². The summed E-state index contributed by atoms with van der Waals surface area (Å²) in [4.78, 5) is 61.9. The monoisotopic (exact) mass is 1020 g/mol. The fraction of sp³-hybridized carbons (Fsp3) is 0.750. The van der Waals surface area contributed by atoms with Crippen molar-refractivity contribution in [2.45, 2.75) is 211 Å². The molecular formula is C48H81N3O16P2. The van der Waals surface area contributed by atoms with Crippen LogP contribution in [0.3, 0.4) is 0 Å². The molecule has 0 spiro atoms. The molecule has 1 aromatic rings. The highest BCUT2D eigenvalue weighted by Crippen LogP contribution is 2.60. The molecule has 0 saturated carbocycles. The van der Waals surface area contributed by atoms with E-state index in [2.05, 4.69) is 59.6 Å². The Morgan fingerprint density at radius 2 is 1.30 bits per heavy atom. The Bertz CT molecular complexity index is 1860. The number of epoxide rings is 1. The number of phosphoric acid groups is 2. The van der Waals surface area contributed by atoms with Gasteiger partial charge in [0.25, 0.3) is 0 Å². The molecule has 0 aliphatic carbocycles. The molecule has 2 saturated heterocycles. The molecule has 21 heteroatoms. The Morgan fingerprint density at radius 3 is 1.96 bits per heavy atom. The SMILES string of the molecule is CCCCCC/C=C\C=C/CCCCCCCC(=O)OC[C@H](COP(=O)(O)OP(=O)(O)OC[C@H]1O[C@@H](n2ccc(N)nc2=O)[C@H](O)[C@@H]1O)OC(=O)CCCCCCC/C=C\CC1OC1CCCCC. The van der Waals surface area contributed by atoms with Crippen LogP contribution in [-0.2, 0) is 51.0 Å². The van der Waals surface area contributed by atoms with E-state index in [-0.39, 0.29) is 18.7 Å². The van der Waals surface area contributed by atoms with Crippen molar-refractivity contribution in [2.24, 2.45) is 0 Å². The summed E-state index contributed by atoms with van der Waals surface area (Å²) in [7, 11) is -10.9. The number of phosphoric ester groups is 2. The van der Waals surface area contributed by atoms with Gasteiger partial charge in [-0.25, -0.2) is 13.9 Å². The quantitative estimate of drug-likeness (QED) is 0.0102. The van der Waals surface area contributed by atoms with Gasteiger partial charge in [0.1, 0.15) is 30.7 Å². The summed E-state index contributed by atoms with van der Waals surface area (Å²) >= 11 is 0. The molecule has 6 N–H and O–H groups in total. The standard InChI is InChI=1S/C48H81N3O16P2/c1-3-5-7-8-9-10-11-12-13-14-15-16-20-23-27-31-43(52)61-35-38(64-44(53)32-28-24-21-18-17-19-22-26-30-40-39(65-40)29-25-6-4-2)36-62-68(57,58)67-69(59,60)63-37-41-45(54)46(55)47(66-41)51-34-33-42(49)50-48(51)56/h10-13,22,26,33-34,38-41,45-47,54-55H,3-9,14-21,23-25,27-32,35-37H2,1-2H3,(H,57,58)(H,59,60)(H2,49,50,56)/b11-10-,13-12-,26-22-/t38-,39?,40?,41-,45-,46-,47-/m1/s1. The molecule has 2 fully saturated rings. The minimum absolute atomic E-state index is 0.0257. The predicted molar refractivity (Wildman–Crippen MR) is 261 cm³/mol. The minimum Gasteiger partial charge on any atom is -0.462 e. The number of nitrogens with zero attached hydrogens (tertiary/aromatic N) is 2. The van der Waals surface area contributed by atoms with E-state index >= 15 is 0 Å². The normalized spacial score (nSPS) is 22.6. The van der Waals surface area contributed by atoms with Crippen molar-refractivity contribution in [1.29, 1.82) is 0 Å². The Morgan fingerprint density at radius 1 is 0.725 bits per heavy atom. The fourth-order valence-electron chi connectivity index (χ4n) is 7.60. The first-order valence-electron chi connectivity index (χ1n) is 25.1. The van der Waals surface area contributed by atoms with Gasteiger partial charge in [0.05, 0.1) is 25.4 Å². The number of anilines is 1. The molecule has 1 aromatic heterocycles. The highest BCUT2D eigenvalue weighted by molar-refractivity contribution is 7.61. The van der Waals surface area contributed by atoms with E-state index in [4.69, 9.17) is 33.7 Å². The van der Waals surface area contributed by atoms with Gasteiger partial charge >= 0.3 is 33.3 Å². The second-order valence-electron chi connectivity index (χ2n) is 17.7. The first kappa shape index (κ1) is 60.2. The number of hydrogen-bond acceptors (Lipinski definition) is 16. The first-order valence-corrected chi connectivity index (χ1v) is 28.1. The second-order valence-corrected chi connectivity index (χ2v) is 20.8. The predicted octanol–water partition coefficient (Wildman–Crippen LogP) is 8.99.